The first kappa shape index (κ1) is 15.7. The van der Waals surface area contributed by atoms with E-state index in [1.807, 2.05) is 33.8 Å². The van der Waals surface area contributed by atoms with Crippen LogP contribution in [0.4, 0.5) is 5.69 Å². The fourth-order valence-electron chi connectivity index (χ4n) is 2.09. The van der Waals surface area contributed by atoms with Gasteiger partial charge in [0, 0.05) is 35.1 Å². The van der Waals surface area contributed by atoms with E-state index >= 15 is 0 Å². The van der Waals surface area contributed by atoms with Crippen molar-refractivity contribution < 1.29 is 9.53 Å². The van der Waals surface area contributed by atoms with Crippen molar-refractivity contribution in [2.24, 2.45) is 0 Å². The fourth-order valence-corrected chi connectivity index (χ4v) is 3.28. The Balaban J connectivity index is 2.32. The van der Waals surface area contributed by atoms with Crippen molar-refractivity contribution in [1.29, 1.82) is 0 Å². The Bertz CT molecular complexity index is 692. The molecule has 0 saturated heterocycles. The lowest BCUT2D eigenvalue weighted by atomic mass is 10.1. The number of methoxy groups -OCH3 is 1. The first-order chi connectivity index (χ1) is 9.75. The number of nitrogens with zero attached hydrogens (tertiary/aromatic N) is 1. The van der Waals surface area contributed by atoms with E-state index in [-0.39, 0.29) is 5.91 Å². The Morgan fingerprint density at radius 1 is 1.48 bits per heavy atom. The van der Waals surface area contributed by atoms with Crippen LogP contribution in [0.3, 0.4) is 0 Å². The molecule has 1 amide bonds. The van der Waals surface area contributed by atoms with Crippen molar-refractivity contribution in [3.63, 3.8) is 0 Å². The number of ether oxygens (including phenoxy) is 1. The van der Waals surface area contributed by atoms with E-state index in [1.165, 1.54) is 11.3 Å². The molecule has 0 aromatic carbocycles. The third-order valence-electron chi connectivity index (χ3n) is 3.45. The van der Waals surface area contributed by atoms with Crippen LogP contribution in [0.5, 0.6) is 0 Å². The summed E-state index contributed by atoms with van der Waals surface area (Å²) in [4.78, 5) is 17.3. The van der Waals surface area contributed by atoms with Crippen LogP contribution in [0.2, 0.25) is 0 Å². The Morgan fingerprint density at radius 3 is 2.76 bits per heavy atom. The second-order valence-electron chi connectivity index (χ2n) is 5.71. The molecule has 2 rings (SSSR count). The molecule has 0 bridgehead atoms. The lowest BCUT2D eigenvalue weighted by Gasteiger charge is -2.22. The molecule has 0 saturated carbocycles. The highest BCUT2D eigenvalue weighted by atomic mass is 32.1. The molecule has 0 atom stereocenters. The highest BCUT2D eigenvalue weighted by molar-refractivity contribution is 7.21. The van der Waals surface area contributed by atoms with Gasteiger partial charge in [-0.15, -0.1) is 11.3 Å². The van der Waals surface area contributed by atoms with Gasteiger partial charge in [-0.05, 0) is 33.8 Å². The van der Waals surface area contributed by atoms with Crippen molar-refractivity contribution in [2.75, 3.05) is 19.4 Å². The number of hydrogen-bond donors (Lipinski definition) is 2. The third-order valence-corrected chi connectivity index (χ3v) is 4.60. The minimum absolute atomic E-state index is 0.170. The van der Waals surface area contributed by atoms with Crippen molar-refractivity contribution in [1.82, 2.24) is 10.3 Å². The minimum Gasteiger partial charge on any atom is -0.397 e. The fraction of sp³-hybridized carbons (Fsp3) is 0.467. The van der Waals surface area contributed by atoms with Crippen LogP contribution in [0.1, 0.15) is 34.9 Å². The molecule has 6 heteroatoms. The average molecular weight is 307 g/mol. The first-order valence-corrected chi connectivity index (χ1v) is 7.56. The molecule has 0 unspecified atom stereocenters. The third kappa shape index (κ3) is 3.16. The summed E-state index contributed by atoms with van der Waals surface area (Å²) in [6.45, 7) is 8.10. The molecular formula is C15H21N3O2S. The van der Waals surface area contributed by atoms with Gasteiger partial charge >= 0.3 is 0 Å². The van der Waals surface area contributed by atoms with E-state index in [2.05, 4.69) is 10.3 Å². The molecule has 0 aliphatic heterocycles. The Hall–Kier alpha value is -1.66. The molecular weight excluding hydrogens is 286 g/mol. The van der Waals surface area contributed by atoms with E-state index in [4.69, 9.17) is 10.5 Å². The van der Waals surface area contributed by atoms with Gasteiger partial charge in [-0.3, -0.25) is 9.78 Å². The molecule has 2 aromatic heterocycles. The van der Waals surface area contributed by atoms with Crippen LogP contribution in [0.25, 0.3) is 10.1 Å². The number of carbonyl (C=O) groups excluding carboxylic acids is 1. The molecule has 0 aliphatic rings. The molecule has 21 heavy (non-hydrogen) atoms. The summed E-state index contributed by atoms with van der Waals surface area (Å²) in [5.74, 6) is -0.170. The molecule has 5 nitrogen and oxygen atoms in total. The maximum Gasteiger partial charge on any atom is 0.263 e. The van der Waals surface area contributed by atoms with Crippen LogP contribution in [0, 0.1) is 13.8 Å². The first-order valence-electron chi connectivity index (χ1n) is 6.75. The van der Waals surface area contributed by atoms with E-state index in [1.54, 1.807) is 7.11 Å². The zero-order chi connectivity index (χ0) is 15.8. The summed E-state index contributed by atoms with van der Waals surface area (Å²) < 4.78 is 6.29. The molecule has 0 fully saturated rings. The molecule has 0 aliphatic carbocycles. The Labute approximate surface area is 128 Å². The number of amides is 1. The highest BCUT2D eigenvalue weighted by Gasteiger charge is 2.22. The number of nitrogen functional groups attached to an aromatic ring is 1. The number of pyridine rings is 1. The van der Waals surface area contributed by atoms with Gasteiger partial charge in [-0.25, -0.2) is 0 Å². The number of thiophene rings is 1. The van der Waals surface area contributed by atoms with Gasteiger partial charge in [0.2, 0.25) is 0 Å². The molecule has 3 N–H and O–H groups in total. The molecule has 0 radical (unpaired) electrons. The average Bonchev–Trinajstić information content (AvgIpc) is 2.73. The van der Waals surface area contributed by atoms with E-state index in [0.29, 0.717) is 17.1 Å². The number of nitrogens with one attached hydrogen (secondary N) is 1. The predicted octanol–water partition coefficient (Wildman–Crippen LogP) is 2.65. The summed E-state index contributed by atoms with van der Waals surface area (Å²) in [5, 5.41) is 3.75. The number of nitrogens with two attached hydrogens (primary N) is 1. The highest BCUT2D eigenvalue weighted by Crippen LogP contribution is 2.35. The summed E-state index contributed by atoms with van der Waals surface area (Å²) >= 11 is 1.40. The number of rotatable bonds is 4. The van der Waals surface area contributed by atoms with Crippen molar-refractivity contribution >= 4 is 33.0 Å². The van der Waals surface area contributed by atoms with Gasteiger partial charge in [0.15, 0.2) is 0 Å². The van der Waals surface area contributed by atoms with E-state index < -0.39 is 5.60 Å². The van der Waals surface area contributed by atoms with Gasteiger partial charge in [0.1, 0.15) is 4.88 Å². The lowest BCUT2D eigenvalue weighted by molar-refractivity contribution is 0.0229. The van der Waals surface area contributed by atoms with Gasteiger partial charge in [0.25, 0.3) is 5.91 Å². The van der Waals surface area contributed by atoms with Gasteiger partial charge in [0.05, 0.1) is 11.3 Å². The number of carbonyl (C=O) groups is 1. The van der Waals surface area contributed by atoms with Crippen molar-refractivity contribution in [3.05, 3.63) is 22.3 Å². The monoisotopic (exact) mass is 307 g/mol. The number of anilines is 1. The zero-order valence-electron chi connectivity index (χ0n) is 13.0. The van der Waals surface area contributed by atoms with Crippen LogP contribution >= 0.6 is 11.3 Å². The van der Waals surface area contributed by atoms with Gasteiger partial charge in [-0.1, -0.05) is 0 Å². The Kier molecular flexibility index (Phi) is 4.20. The number of aryl methyl sites for hydroxylation is 2. The summed E-state index contributed by atoms with van der Waals surface area (Å²) in [5.41, 5.74) is 8.02. The van der Waals surface area contributed by atoms with E-state index in [0.717, 1.165) is 21.5 Å². The van der Waals surface area contributed by atoms with Crippen molar-refractivity contribution in [3.8, 4) is 0 Å². The smallest absolute Gasteiger partial charge is 0.263 e. The van der Waals surface area contributed by atoms with Gasteiger partial charge in [-0.2, -0.15) is 0 Å². The Morgan fingerprint density at radius 2 is 2.14 bits per heavy atom. The molecule has 2 heterocycles. The quantitative estimate of drug-likeness (QED) is 0.910. The summed E-state index contributed by atoms with van der Waals surface area (Å²) in [6.07, 6.45) is 0. The largest absolute Gasteiger partial charge is 0.397 e. The molecule has 2 aromatic rings. The topological polar surface area (TPSA) is 77.2 Å². The maximum atomic E-state index is 12.3. The standard InChI is InChI=1S/C15H21N3O2S/c1-8-6-10-11(9(2)18-8)12(16)13(21-10)14(19)17-7-15(3,4)20-5/h6H,7,16H2,1-5H3,(H,17,19). The van der Waals surface area contributed by atoms with E-state index in [9.17, 15) is 4.79 Å². The minimum atomic E-state index is -0.408. The number of hydrogen-bond acceptors (Lipinski definition) is 5. The van der Waals surface area contributed by atoms with Gasteiger partial charge < -0.3 is 15.8 Å². The summed E-state index contributed by atoms with van der Waals surface area (Å²) in [7, 11) is 1.62. The predicted molar refractivity (Wildman–Crippen MR) is 86.9 cm³/mol. The molecule has 114 valence electrons. The molecule has 0 spiro atoms. The second kappa shape index (κ2) is 5.61. The zero-order valence-corrected chi connectivity index (χ0v) is 13.9. The second-order valence-corrected chi connectivity index (χ2v) is 6.77. The SMILES string of the molecule is COC(C)(C)CNC(=O)c1sc2cc(C)nc(C)c2c1N. The van der Waals surface area contributed by atoms with Crippen LogP contribution < -0.4 is 11.1 Å². The summed E-state index contributed by atoms with van der Waals surface area (Å²) in [6, 6.07) is 1.96. The van der Waals surface area contributed by atoms with Crippen molar-refractivity contribution in [2.45, 2.75) is 33.3 Å². The number of fused-ring (bicyclic) bond motifs is 1. The normalized spacial score (nSPS) is 11.9. The maximum absolute atomic E-state index is 12.3. The van der Waals surface area contributed by atoms with Crippen LogP contribution in [-0.2, 0) is 4.74 Å². The number of aromatic nitrogens is 1. The van der Waals surface area contributed by atoms with Crippen LogP contribution in [0.15, 0.2) is 6.07 Å². The van der Waals surface area contributed by atoms with Crippen LogP contribution in [-0.4, -0.2) is 30.1 Å². The lowest BCUT2D eigenvalue weighted by Crippen LogP contribution is -2.39.